The summed E-state index contributed by atoms with van der Waals surface area (Å²) in [6.45, 7) is 1.79. The Labute approximate surface area is 220 Å². The lowest BCUT2D eigenvalue weighted by molar-refractivity contribution is -0.137. The van der Waals surface area contributed by atoms with Crippen molar-refractivity contribution in [1.29, 1.82) is 0 Å². The Bertz CT molecular complexity index is 1240. The number of amides is 1. The molecule has 202 valence electrons. The molecule has 0 spiro atoms. The number of aromatic nitrogens is 4. The summed E-state index contributed by atoms with van der Waals surface area (Å²) in [5.74, 6) is 0.267. The molecule has 38 heavy (non-hydrogen) atoms. The van der Waals surface area contributed by atoms with Crippen LogP contribution in [0, 0.1) is 6.92 Å². The van der Waals surface area contributed by atoms with E-state index in [1.54, 1.807) is 51.4 Å². The monoisotopic (exact) mass is 524 g/mol. The molecule has 0 bridgehead atoms. The Balaban J connectivity index is 1.51. The van der Waals surface area contributed by atoms with E-state index in [4.69, 9.17) is 9.26 Å². The molecule has 13 heteroatoms. The zero-order valence-corrected chi connectivity index (χ0v) is 21.6. The van der Waals surface area contributed by atoms with Crippen molar-refractivity contribution in [2.45, 2.75) is 57.5 Å². The van der Waals surface area contributed by atoms with Crippen LogP contribution in [-0.4, -0.2) is 68.4 Å². The van der Waals surface area contributed by atoms with E-state index >= 15 is 0 Å². The number of ether oxygens (including phenoxy) is 1. The van der Waals surface area contributed by atoms with Crippen LogP contribution in [0.3, 0.4) is 0 Å². The van der Waals surface area contributed by atoms with Crippen molar-refractivity contribution in [3.05, 3.63) is 41.6 Å². The SMILES string of the molecule is Cc1cc(Nc2nc(NC3CCCCC3)nc(N[C@@H](Cc3ccc(OC(=O)N(C)C)cc3)C(=O)O)n2)on1. The fraction of sp³-hybridized carbons (Fsp3) is 0.440. The Hall–Kier alpha value is -4.42. The first-order chi connectivity index (χ1) is 18.2. The third kappa shape index (κ3) is 7.54. The van der Waals surface area contributed by atoms with E-state index in [0.29, 0.717) is 23.3 Å². The van der Waals surface area contributed by atoms with Crippen molar-refractivity contribution >= 4 is 35.8 Å². The number of carboxylic acids is 1. The van der Waals surface area contributed by atoms with Gasteiger partial charge >= 0.3 is 12.1 Å². The number of carboxylic acid groups (broad SMARTS) is 1. The Morgan fingerprint density at radius 1 is 1.08 bits per heavy atom. The van der Waals surface area contributed by atoms with Gasteiger partial charge in [-0.15, -0.1) is 0 Å². The first kappa shape index (κ1) is 26.6. The van der Waals surface area contributed by atoms with Gasteiger partial charge in [0.05, 0.1) is 5.69 Å². The van der Waals surface area contributed by atoms with E-state index in [1.807, 2.05) is 0 Å². The van der Waals surface area contributed by atoms with Crippen LogP contribution in [0.25, 0.3) is 0 Å². The number of rotatable bonds is 10. The van der Waals surface area contributed by atoms with Crippen LogP contribution >= 0.6 is 0 Å². The number of carbonyl (C=O) groups excluding carboxylic acids is 1. The van der Waals surface area contributed by atoms with Gasteiger partial charge in [-0.05, 0) is 37.5 Å². The maximum Gasteiger partial charge on any atom is 0.414 e. The third-order valence-electron chi connectivity index (χ3n) is 5.97. The summed E-state index contributed by atoms with van der Waals surface area (Å²) in [6, 6.07) is 7.55. The lowest BCUT2D eigenvalue weighted by Gasteiger charge is -2.23. The minimum absolute atomic E-state index is 0.0981. The second-order valence-electron chi connectivity index (χ2n) is 9.39. The quantitative estimate of drug-likeness (QED) is 0.303. The maximum atomic E-state index is 12.1. The Morgan fingerprint density at radius 3 is 2.39 bits per heavy atom. The average Bonchev–Trinajstić information content (AvgIpc) is 3.29. The molecule has 1 amide bonds. The molecule has 3 aromatic rings. The highest BCUT2D eigenvalue weighted by Gasteiger charge is 2.22. The predicted octanol–water partition coefficient (Wildman–Crippen LogP) is 3.82. The highest BCUT2D eigenvalue weighted by atomic mass is 16.6. The van der Waals surface area contributed by atoms with Gasteiger partial charge in [-0.2, -0.15) is 15.0 Å². The number of nitrogens with zero attached hydrogens (tertiary/aromatic N) is 5. The van der Waals surface area contributed by atoms with Crippen LogP contribution < -0.4 is 20.7 Å². The van der Waals surface area contributed by atoms with Crippen LogP contribution in [0.15, 0.2) is 34.9 Å². The summed E-state index contributed by atoms with van der Waals surface area (Å²) in [4.78, 5) is 38.4. The van der Waals surface area contributed by atoms with Gasteiger partial charge in [-0.25, -0.2) is 9.59 Å². The Morgan fingerprint density at radius 2 is 1.76 bits per heavy atom. The summed E-state index contributed by atoms with van der Waals surface area (Å²) >= 11 is 0. The molecule has 1 fully saturated rings. The molecule has 0 aliphatic heterocycles. The van der Waals surface area contributed by atoms with Crippen molar-refractivity contribution in [2.24, 2.45) is 0 Å². The van der Waals surface area contributed by atoms with Crippen molar-refractivity contribution < 1.29 is 24.0 Å². The summed E-state index contributed by atoms with van der Waals surface area (Å²) < 4.78 is 10.4. The number of hydrogen-bond acceptors (Lipinski definition) is 11. The highest BCUT2D eigenvalue weighted by Crippen LogP contribution is 2.23. The maximum absolute atomic E-state index is 12.1. The molecule has 1 aliphatic rings. The molecule has 0 radical (unpaired) electrons. The average molecular weight is 525 g/mol. The molecule has 4 rings (SSSR count). The first-order valence-electron chi connectivity index (χ1n) is 12.5. The van der Waals surface area contributed by atoms with Crippen molar-refractivity contribution in [3.8, 4) is 5.75 Å². The van der Waals surface area contributed by atoms with E-state index in [9.17, 15) is 14.7 Å². The summed E-state index contributed by atoms with van der Waals surface area (Å²) in [7, 11) is 3.18. The molecule has 0 unspecified atom stereocenters. The summed E-state index contributed by atoms with van der Waals surface area (Å²) in [5.41, 5.74) is 1.41. The van der Waals surface area contributed by atoms with Crippen LogP contribution in [-0.2, 0) is 11.2 Å². The molecule has 1 atom stereocenters. The van der Waals surface area contributed by atoms with Gasteiger partial charge in [0, 0.05) is 32.6 Å². The zero-order valence-electron chi connectivity index (χ0n) is 21.6. The van der Waals surface area contributed by atoms with Crippen molar-refractivity contribution in [1.82, 2.24) is 25.0 Å². The molecule has 13 nitrogen and oxygen atoms in total. The number of carbonyl (C=O) groups is 2. The number of aliphatic carboxylic acids is 1. The molecule has 0 saturated heterocycles. The largest absolute Gasteiger partial charge is 0.480 e. The standard InChI is InChI=1S/C25H32N8O5/c1-15-13-20(38-32-15)28-24-30-22(26-17-7-5-4-6-8-17)29-23(31-24)27-19(21(34)35)14-16-9-11-18(12-10-16)37-25(36)33(2)3/h9-13,17,19H,4-8,14H2,1-3H3,(H,34,35)(H3,26,27,28,29,30,31)/t19-/m0/s1. The fourth-order valence-electron chi connectivity index (χ4n) is 4.00. The second-order valence-corrected chi connectivity index (χ2v) is 9.39. The van der Waals surface area contributed by atoms with Crippen molar-refractivity contribution in [2.75, 3.05) is 30.0 Å². The molecule has 1 aromatic carbocycles. The van der Waals surface area contributed by atoms with Crippen LogP contribution in [0.1, 0.15) is 43.4 Å². The molecule has 2 heterocycles. The van der Waals surface area contributed by atoms with E-state index in [2.05, 4.69) is 36.1 Å². The molecule has 4 N–H and O–H groups in total. The van der Waals surface area contributed by atoms with Gasteiger partial charge in [0.2, 0.25) is 23.7 Å². The molecule has 1 saturated carbocycles. The smallest absolute Gasteiger partial charge is 0.414 e. The summed E-state index contributed by atoms with van der Waals surface area (Å²) in [6.07, 6.45) is 5.12. The number of hydrogen-bond donors (Lipinski definition) is 4. The van der Waals surface area contributed by atoms with E-state index < -0.39 is 18.1 Å². The Kier molecular flexibility index (Phi) is 8.56. The van der Waals surface area contributed by atoms with E-state index in [-0.39, 0.29) is 24.4 Å². The topological polar surface area (TPSA) is 168 Å². The number of nitrogens with one attached hydrogen (secondary N) is 3. The van der Waals surface area contributed by atoms with Gasteiger partial charge in [-0.1, -0.05) is 36.6 Å². The lowest BCUT2D eigenvalue weighted by atomic mass is 9.96. The number of benzene rings is 1. The van der Waals surface area contributed by atoms with Gasteiger partial charge in [0.15, 0.2) is 0 Å². The van der Waals surface area contributed by atoms with E-state index in [0.717, 1.165) is 31.2 Å². The normalized spacial score (nSPS) is 14.4. The molecular formula is C25H32N8O5. The summed E-state index contributed by atoms with van der Waals surface area (Å²) in [5, 5.41) is 23.0. The van der Waals surface area contributed by atoms with Gasteiger partial charge < -0.3 is 29.9 Å². The molecule has 1 aliphatic carbocycles. The number of aryl methyl sites for hydroxylation is 1. The predicted molar refractivity (Wildman–Crippen MR) is 140 cm³/mol. The molecular weight excluding hydrogens is 492 g/mol. The minimum atomic E-state index is -1.07. The molecule has 2 aromatic heterocycles. The highest BCUT2D eigenvalue weighted by molar-refractivity contribution is 5.77. The van der Waals surface area contributed by atoms with Crippen LogP contribution in [0.2, 0.25) is 0 Å². The van der Waals surface area contributed by atoms with Crippen LogP contribution in [0.5, 0.6) is 5.75 Å². The van der Waals surface area contributed by atoms with Gasteiger partial charge in [0.1, 0.15) is 11.8 Å². The second kappa shape index (κ2) is 12.2. The van der Waals surface area contributed by atoms with Crippen molar-refractivity contribution in [3.63, 3.8) is 0 Å². The first-order valence-corrected chi connectivity index (χ1v) is 12.5. The number of anilines is 4. The zero-order chi connectivity index (χ0) is 27.1. The minimum Gasteiger partial charge on any atom is -0.480 e. The fourth-order valence-corrected chi connectivity index (χ4v) is 4.00. The van der Waals surface area contributed by atoms with Gasteiger partial charge in [0.25, 0.3) is 0 Å². The lowest BCUT2D eigenvalue weighted by Crippen LogP contribution is -2.33. The van der Waals surface area contributed by atoms with Crippen LogP contribution in [0.4, 0.5) is 28.5 Å². The van der Waals surface area contributed by atoms with E-state index in [1.165, 1.54) is 11.3 Å². The van der Waals surface area contributed by atoms with Gasteiger partial charge in [-0.3, -0.25) is 5.32 Å². The third-order valence-corrected chi connectivity index (χ3v) is 5.97.